The van der Waals surface area contributed by atoms with Gasteiger partial charge in [0.25, 0.3) is 5.91 Å². The van der Waals surface area contributed by atoms with E-state index in [0.29, 0.717) is 5.56 Å². The minimum absolute atomic E-state index is 0.223. The van der Waals surface area contributed by atoms with Crippen LogP contribution in [0.2, 0.25) is 0 Å². The van der Waals surface area contributed by atoms with Gasteiger partial charge in [0, 0.05) is 35.1 Å². The Morgan fingerprint density at radius 1 is 1.24 bits per heavy atom. The molecule has 1 aliphatic rings. The topological polar surface area (TPSA) is 69.7 Å². The molecule has 0 spiro atoms. The van der Waals surface area contributed by atoms with Crippen LogP contribution in [0, 0.1) is 0 Å². The molecular weight excluding hydrogens is 336 g/mol. The zero-order chi connectivity index (χ0) is 17.1. The summed E-state index contributed by atoms with van der Waals surface area (Å²) >= 11 is 1.65. The molecule has 6 nitrogen and oxygen atoms in total. The molecule has 0 radical (unpaired) electrons. The number of ether oxygens (including phenoxy) is 1. The number of nitrogens with zero attached hydrogens (tertiary/aromatic N) is 2. The molecule has 25 heavy (non-hydrogen) atoms. The second kappa shape index (κ2) is 7.08. The smallest absolute Gasteiger partial charge is 0.273 e. The average molecular weight is 354 g/mol. The number of carbonyl (C=O) groups is 1. The predicted octanol–water partition coefficient (Wildman–Crippen LogP) is 2.83. The van der Waals surface area contributed by atoms with Crippen molar-refractivity contribution < 1.29 is 9.53 Å². The fourth-order valence-electron chi connectivity index (χ4n) is 2.84. The number of hydrogen-bond donors (Lipinski definition) is 2. The van der Waals surface area contributed by atoms with Crippen LogP contribution in [0.15, 0.2) is 47.7 Å². The standard InChI is InChI=1S/C18H18N4O2S/c23-18(15-12-19-16-4-2-1-3-14(15)16)21-20-11-13-5-6-17(25-13)22-7-9-24-10-8-22/h1-6,11-12,19H,7-10H2,(H,21,23)/b20-11+. The zero-order valence-electron chi connectivity index (χ0n) is 13.6. The van der Waals surface area contributed by atoms with Crippen molar-refractivity contribution in [3.63, 3.8) is 0 Å². The normalized spacial score (nSPS) is 15.1. The molecule has 0 atom stereocenters. The number of carbonyl (C=O) groups excluding carboxylic acids is 1. The molecule has 2 aromatic heterocycles. The summed E-state index contributed by atoms with van der Waals surface area (Å²) in [5.74, 6) is -0.223. The third-order valence-corrected chi connectivity index (χ3v) is 5.21. The van der Waals surface area contributed by atoms with Gasteiger partial charge in [-0.25, -0.2) is 5.43 Å². The summed E-state index contributed by atoms with van der Waals surface area (Å²) in [4.78, 5) is 18.7. The molecule has 1 aromatic carbocycles. The van der Waals surface area contributed by atoms with Gasteiger partial charge in [-0.05, 0) is 18.2 Å². The molecule has 1 aliphatic heterocycles. The lowest BCUT2D eigenvalue weighted by molar-refractivity contribution is 0.0957. The van der Waals surface area contributed by atoms with Gasteiger partial charge in [0.1, 0.15) is 0 Å². The van der Waals surface area contributed by atoms with Crippen LogP contribution in [-0.4, -0.2) is 43.4 Å². The highest BCUT2D eigenvalue weighted by molar-refractivity contribution is 7.17. The molecule has 7 heteroatoms. The Bertz CT molecular complexity index is 909. The lowest BCUT2D eigenvalue weighted by atomic mass is 10.2. The predicted molar refractivity (Wildman–Crippen MR) is 101 cm³/mol. The second-order valence-electron chi connectivity index (χ2n) is 5.72. The number of nitrogens with one attached hydrogen (secondary N) is 2. The molecule has 3 heterocycles. The van der Waals surface area contributed by atoms with Gasteiger partial charge in [0.15, 0.2) is 0 Å². The molecule has 1 saturated heterocycles. The first-order chi connectivity index (χ1) is 12.3. The van der Waals surface area contributed by atoms with E-state index in [1.807, 2.05) is 30.3 Å². The number of para-hydroxylation sites is 1. The van der Waals surface area contributed by atoms with Crippen molar-refractivity contribution in [2.45, 2.75) is 0 Å². The van der Waals surface area contributed by atoms with E-state index in [9.17, 15) is 4.79 Å². The highest BCUT2D eigenvalue weighted by atomic mass is 32.1. The van der Waals surface area contributed by atoms with E-state index < -0.39 is 0 Å². The summed E-state index contributed by atoms with van der Waals surface area (Å²) in [5, 5.41) is 6.18. The Morgan fingerprint density at radius 3 is 2.96 bits per heavy atom. The number of rotatable bonds is 4. The van der Waals surface area contributed by atoms with E-state index in [2.05, 4.69) is 26.5 Å². The van der Waals surface area contributed by atoms with Crippen LogP contribution >= 0.6 is 11.3 Å². The van der Waals surface area contributed by atoms with E-state index in [0.717, 1.165) is 42.1 Å². The van der Waals surface area contributed by atoms with Crippen LogP contribution in [0.1, 0.15) is 15.2 Å². The van der Waals surface area contributed by atoms with E-state index in [-0.39, 0.29) is 5.91 Å². The molecule has 128 valence electrons. The fraction of sp³-hybridized carbons (Fsp3) is 0.222. The quantitative estimate of drug-likeness (QED) is 0.559. The van der Waals surface area contributed by atoms with Crippen LogP contribution in [0.4, 0.5) is 5.00 Å². The van der Waals surface area contributed by atoms with Crippen LogP contribution in [-0.2, 0) is 4.74 Å². The number of fused-ring (bicyclic) bond motifs is 1. The first kappa shape index (κ1) is 15.9. The molecule has 1 fully saturated rings. The van der Waals surface area contributed by atoms with Crippen molar-refractivity contribution in [1.82, 2.24) is 10.4 Å². The number of hydrogen-bond acceptors (Lipinski definition) is 5. The van der Waals surface area contributed by atoms with Crippen molar-refractivity contribution in [2.75, 3.05) is 31.2 Å². The molecule has 0 aliphatic carbocycles. The molecule has 2 N–H and O–H groups in total. The van der Waals surface area contributed by atoms with Crippen LogP contribution in [0.5, 0.6) is 0 Å². The molecular formula is C18H18N4O2S. The van der Waals surface area contributed by atoms with E-state index in [4.69, 9.17) is 4.74 Å². The Morgan fingerprint density at radius 2 is 2.08 bits per heavy atom. The molecule has 4 rings (SSSR count). The van der Waals surface area contributed by atoms with Gasteiger partial charge in [-0.2, -0.15) is 5.10 Å². The van der Waals surface area contributed by atoms with Crippen LogP contribution in [0.25, 0.3) is 10.9 Å². The Kier molecular flexibility index (Phi) is 4.49. The minimum atomic E-state index is -0.223. The van der Waals surface area contributed by atoms with E-state index >= 15 is 0 Å². The van der Waals surface area contributed by atoms with Gasteiger partial charge in [0.05, 0.1) is 30.0 Å². The summed E-state index contributed by atoms with van der Waals surface area (Å²) in [6.07, 6.45) is 3.39. The maximum atomic E-state index is 12.3. The molecule has 3 aromatic rings. The lowest BCUT2D eigenvalue weighted by Crippen LogP contribution is -2.35. The fourth-order valence-corrected chi connectivity index (χ4v) is 3.77. The lowest BCUT2D eigenvalue weighted by Gasteiger charge is -2.27. The monoisotopic (exact) mass is 354 g/mol. The third kappa shape index (κ3) is 3.42. The minimum Gasteiger partial charge on any atom is -0.378 e. The van der Waals surface area contributed by atoms with Gasteiger partial charge in [-0.15, -0.1) is 11.3 Å². The van der Waals surface area contributed by atoms with Gasteiger partial charge >= 0.3 is 0 Å². The van der Waals surface area contributed by atoms with Crippen molar-refractivity contribution in [2.24, 2.45) is 5.10 Å². The maximum Gasteiger partial charge on any atom is 0.273 e. The van der Waals surface area contributed by atoms with Crippen LogP contribution in [0.3, 0.4) is 0 Å². The number of morpholine rings is 1. The number of hydrazone groups is 1. The SMILES string of the molecule is O=C(N/N=C/c1ccc(N2CCOCC2)s1)c1c[nH]c2ccccc12. The number of H-pyrrole nitrogens is 1. The van der Waals surface area contributed by atoms with Gasteiger partial charge in [-0.3, -0.25) is 4.79 Å². The van der Waals surface area contributed by atoms with E-state index in [1.54, 1.807) is 23.7 Å². The first-order valence-corrected chi connectivity index (χ1v) is 8.95. The Labute approximate surface area is 149 Å². The second-order valence-corrected chi connectivity index (χ2v) is 6.82. The number of thiophene rings is 1. The Hall–Kier alpha value is -2.64. The van der Waals surface area contributed by atoms with Crippen molar-refractivity contribution >= 4 is 39.4 Å². The van der Waals surface area contributed by atoms with Crippen LogP contribution < -0.4 is 10.3 Å². The van der Waals surface area contributed by atoms with Gasteiger partial charge < -0.3 is 14.6 Å². The average Bonchev–Trinajstić information content (AvgIpc) is 3.29. The summed E-state index contributed by atoms with van der Waals surface area (Å²) in [7, 11) is 0. The highest BCUT2D eigenvalue weighted by Crippen LogP contribution is 2.25. The number of aromatic nitrogens is 1. The number of aromatic amines is 1. The molecule has 1 amide bonds. The van der Waals surface area contributed by atoms with Gasteiger partial charge in [0.2, 0.25) is 0 Å². The summed E-state index contributed by atoms with van der Waals surface area (Å²) in [6, 6.07) is 11.8. The number of anilines is 1. The van der Waals surface area contributed by atoms with Crippen molar-refractivity contribution in [3.8, 4) is 0 Å². The highest BCUT2D eigenvalue weighted by Gasteiger charge is 2.13. The molecule has 0 saturated carbocycles. The zero-order valence-corrected chi connectivity index (χ0v) is 14.4. The number of benzene rings is 1. The summed E-state index contributed by atoms with van der Waals surface area (Å²) < 4.78 is 5.37. The molecule has 0 bridgehead atoms. The Balaban J connectivity index is 1.41. The largest absolute Gasteiger partial charge is 0.378 e. The van der Waals surface area contributed by atoms with E-state index in [1.165, 1.54) is 5.00 Å². The summed E-state index contributed by atoms with van der Waals surface area (Å²) in [5.41, 5.74) is 4.12. The van der Waals surface area contributed by atoms with Crippen molar-refractivity contribution in [1.29, 1.82) is 0 Å². The third-order valence-electron chi connectivity index (χ3n) is 4.13. The van der Waals surface area contributed by atoms with Crippen molar-refractivity contribution in [3.05, 3.63) is 53.0 Å². The summed E-state index contributed by atoms with van der Waals surface area (Å²) in [6.45, 7) is 3.35. The number of amides is 1. The molecule has 0 unspecified atom stereocenters. The van der Waals surface area contributed by atoms with Gasteiger partial charge in [-0.1, -0.05) is 18.2 Å². The maximum absolute atomic E-state index is 12.3. The first-order valence-electron chi connectivity index (χ1n) is 8.13.